The highest BCUT2D eigenvalue weighted by molar-refractivity contribution is 6.05. The summed E-state index contributed by atoms with van der Waals surface area (Å²) in [5.74, 6) is 1.41. The molecule has 0 amide bonds. The first-order valence-corrected chi connectivity index (χ1v) is 9.05. The van der Waals surface area contributed by atoms with Crippen LogP contribution in [0.2, 0.25) is 0 Å². The number of aromatic amines is 1. The predicted octanol–water partition coefficient (Wildman–Crippen LogP) is 4.33. The molecule has 1 saturated heterocycles. The lowest BCUT2D eigenvalue weighted by Crippen LogP contribution is -2.34. The smallest absolute Gasteiger partial charge is 0.357 e. The van der Waals surface area contributed by atoms with Crippen LogP contribution in [0.3, 0.4) is 0 Å². The van der Waals surface area contributed by atoms with Gasteiger partial charge in [-0.25, -0.2) is 4.79 Å². The number of fused-ring (bicyclic) bond motifs is 1. The molecule has 2 heterocycles. The molecular weight excluding hydrogens is 332 g/mol. The van der Waals surface area contributed by atoms with E-state index < -0.39 is 5.97 Å². The number of esters is 1. The normalized spacial score (nSPS) is 20.7. The summed E-state index contributed by atoms with van der Waals surface area (Å²) < 4.78 is 10.5. The Hall–Kier alpha value is -2.57. The second-order valence-electron chi connectivity index (χ2n) is 6.99. The Labute approximate surface area is 153 Å². The number of H-pyrrole nitrogens is 1. The van der Waals surface area contributed by atoms with Crippen molar-refractivity contribution >= 4 is 22.6 Å². The van der Waals surface area contributed by atoms with Gasteiger partial charge in [0.2, 0.25) is 0 Å². The molecule has 1 aromatic carbocycles. The molecule has 2 atom stereocenters. The average molecular weight is 358 g/mol. The van der Waals surface area contributed by atoms with Crippen LogP contribution >= 0.6 is 0 Å². The van der Waals surface area contributed by atoms with Gasteiger partial charge in [0.05, 0.1) is 13.7 Å². The topological polar surface area (TPSA) is 79.3 Å². The molecule has 2 aromatic rings. The molecule has 1 fully saturated rings. The lowest BCUT2D eigenvalue weighted by Gasteiger charge is -2.31. The van der Waals surface area contributed by atoms with E-state index in [1.165, 1.54) is 6.42 Å². The first-order chi connectivity index (χ1) is 12.5. The second kappa shape index (κ2) is 7.76. The third kappa shape index (κ3) is 3.81. The molecule has 140 valence electrons. The number of aromatic nitrogens is 1. The predicted molar refractivity (Wildman–Crippen MR) is 99.8 cm³/mol. The van der Waals surface area contributed by atoms with Crippen LogP contribution in [-0.4, -0.2) is 42.8 Å². The maximum absolute atomic E-state index is 12.3. The van der Waals surface area contributed by atoms with Crippen LogP contribution < -0.4 is 4.74 Å². The highest BCUT2D eigenvalue weighted by Crippen LogP contribution is 2.34. The van der Waals surface area contributed by atoms with Gasteiger partial charge < -0.3 is 14.5 Å². The Morgan fingerprint density at radius 2 is 2.04 bits per heavy atom. The molecule has 0 aliphatic carbocycles. The molecular formula is C19H26N4O3. The summed E-state index contributed by atoms with van der Waals surface area (Å²) in [7, 11) is 1.61. The maximum atomic E-state index is 12.3. The van der Waals surface area contributed by atoms with E-state index in [1.54, 1.807) is 14.0 Å². The molecule has 0 radical (unpaired) electrons. The van der Waals surface area contributed by atoms with Gasteiger partial charge in [0, 0.05) is 24.0 Å². The lowest BCUT2D eigenvalue weighted by molar-refractivity contribution is 0.0521. The molecule has 0 spiro atoms. The number of rotatable bonds is 5. The van der Waals surface area contributed by atoms with Crippen LogP contribution in [0.4, 0.5) is 5.69 Å². The van der Waals surface area contributed by atoms with E-state index in [-0.39, 0.29) is 0 Å². The van der Waals surface area contributed by atoms with Crippen LogP contribution in [0.15, 0.2) is 28.5 Å². The Kier molecular flexibility index (Phi) is 5.44. The summed E-state index contributed by atoms with van der Waals surface area (Å²) in [6.07, 6.45) is 1.20. The number of piperidine rings is 1. The molecule has 3 rings (SSSR count). The monoisotopic (exact) mass is 358 g/mol. The molecule has 1 N–H and O–H groups in total. The van der Waals surface area contributed by atoms with Crippen LogP contribution in [0.1, 0.15) is 37.7 Å². The number of hydrogen-bond donors (Lipinski definition) is 1. The lowest BCUT2D eigenvalue weighted by atomic mass is 9.93. The summed E-state index contributed by atoms with van der Waals surface area (Å²) in [6, 6.07) is 5.55. The Morgan fingerprint density at radius 1 is 1.31 bits per heavy atom. The quantitative estimate of drug-likeness (QED) is 0.637. The molecule has 1 aliphatic rings. The fraction of sp³-hybridized carbons (Fsp3) is 0.526. The molecule has 1 aromatic heterocycles. The zero-order valence-electron chi connectivity index (χ0n) is 15.8. The minimum Gasteiger partial charge on any atom is -0.497 e. The van der Waals surface area contributed by atoms with Gasteiger partial charge in [-0.1, -0.05) is 19.1 Å². The SMILES string of the molecule is CCOC(=O)c1[nH]c2ccc(OC)cc2c1N=NN1C[C@H](C)C[C@@H](C)C1. The van der Waals surface area contributed by atoms with Crippen molar-refractivity contribution in [1.29, 1.82) is 0 Å². The van der Waals surface area contributed by atoms with Crippen LogP contribution in [-0.2, 0) is 4.74 Å². The van der Waals surface area contributed by atoms with Crippen molar-refractivity contribution in [3.63, 3.8) is 0 Å². The largest absolute Gasteiger partial charge is 0.497 e. The van der Waals surface area contributed by atoms with Crippen molar-refractivity contribution < 1.29 is 14.3 Å². The van der Waals surface area contributed by atoms with Crippen molar-refractivity contribution in [3.8, 4) is 5.75 Å². The van der Waals surface area contributed by atoms with Crippen molar-refractivity contribution in [1.82, 2.24) is 9.99 Å². The van der Waals surface area contributed by atoms with E-state index in [1.807, 2.05) is 23.2 Å². The first kappa shape index (κ1) is 18.2. The Bertz CT molecular complexity index is 804. The van der Waals surface area contributed by atoms with Crippen LogP contribution in [0.5, 0.6) is 5.75 Å². The van der Waals surface area contributed by atoms with Crippen molar-refractivity contribution in [2.45, 2.75) is 27.2 Å². The van der Waals surface area contributed by atoms with Gasteiger partial charge in [-0.15, -0.1) is 5.11 Å². The minimum absolute atomic E-state index is 0.301. The highest BCUT2D eigenvalue weighted by atomic mass is 16.5. The number of nitrogens with one attached hydrogen (secondary N) is 1. The third-order valence-corrected chi connectivity index (χ3v) is 4.58. The summed E-state index contributed by atoms with van der Waals surface area (Å²) >= 11 is 0. The number of carbonyl (C=O) groups excluding carboxylic acids is 1. The number of carbonyl (C=O) groups is 1. The number of methoxy groups -OCH3 is 1. The van der Waals surface area contributed by atoms with Crippen molar-refractivity contribution in [2.75, 3.05) is 26.8 Å². The Morgan fingerprint density at radius 3 is 2.69 bits per heavy atom. The van der Waals surface area contributed by atoms with E-state index in [4.69, 9.17) is 9.47 Å². The maximum Gasteiger partial charge on any atom is 0.357 e. The minimum atomic E-state index is -0.433. The van der Waals surface area contributed by atoms with Crippen LogP contribution in [0, 0.1) is 11.8 Å². The molecule has 0 bridgehead atoms. The standard InChI is InChI=1S/C19H26N4O3/c1-5-26-19(24)18-17(15-9-14(25-4)6-7-16(15)20-18)21-22-23-10-12(2)8-13(3)11-23/h6-7,9,12-13,20H,5,8,10-11H2,1-4H3/t12-,13-/m1/s1. The number of nitrogens with zero attached hydrogens (tertiary/aromatic N) is 3. The molecule has 0 saturated carbocycles. The molecule has 7 heteroatoms. The fourth-order valence-corrected chi connectivity index (χ4v) is 3.55. The van der Waals surface area contributed by atoms with Gasteiger partial charge in [0.1, 0.15) is 11.4 Å². The second-order valence-corrected chi connectivity index (χ2v) is 6.99. The van der Waals surface area contributed by atoms with E-state index in [0.29, 0.717) is 35.6 Å². The molecule has 26 heavy (non-hydrogen) atoms. The summed E-state index contributed by atoms with van der Waals surface area (Å²) in [5, 5.41) is 11.6. The molecule has 7 nitrogen and oxygen atoms in total. The van der Waals surface area contributed by atoms with E-state index in [0.717, 1.165) is 24.0 Å². The van der Waals surface area contributed by atoms with Crippen molar-refractivity contribution in [3.05, 3.63) is 23.9 Å². The molecule has 1 aliphatic heterocycles. The van der Waals surface area contributed by atoms with Gasteiger partial charge in [0.25, 0.3) is 0 Å². The zero-order chi connectivity index (χ0) is 18.7. The van der Waals surface area contributed by atoms with Gasteiger partial charge in [-0.3, -0.25) is 5.01 Å². The Balaban J connectivity index is 1.99. The van der Waals surface area contributed by atoms with Crippen molar-refractivity contribution in [2.24, 2.45) is 22.2 Å². The van der Waals surface area contributed by atoms with E-state index in [2.05, 4.69) is 29.2 Å². The number of ether oxygens (including phenoxy) is 2. The third-order valence-electron chi connectivity index (χ3n) is 4.58. The highest BCUT2D eigenvalue weighted by Gasteiger charge is 2.23. The van der Waals surface area contributed by atoms with Gasteiger partial charge in [0.15, 0.2) is 5.69 Å². The van der Waals surface area contributed by atoms with Gasteiger partial charge >= 0.3 is 5.97 Å². The van der Waals surface area contributed by atoms with E-state index in [9.17, 15) is 4.79 Å². The van der Waals surface area contributed by atoms with E-state index >= 15 is 0 Å². The van der Waals surface area contributed by atoms with Gasteiger partial charge in [-0.05, 0) is 43.4 Å². The first-order valence-electron chi connectivity index (χ1n) is 9.05. The summed E-state index contributed by atoms with van der Waals surface area (Å²) in [6.45, 7) is 8.26. The number of hydrogen-bond acceptors (Lipinski definition) is 5. The zero-order valence-corrected chi connectivity index (χ0v) is 15.8. The summed E-state index contributed by atoms with van der Waals surface area (Å²) in [5.41, 5.74) is 1.60. The number of benzene rings is 1. The van der Waals surface area contributed by atoms with Crippen LogP contribution in [0.25, 0.3) is 10.9 Å². The average Bonchev–Trinajstić information content (AvgIpc) is 2.97. The van der Waals surface area contributed by atoms with Gasteiger partial charge in [-0.2, -0.15) is 0 Å². The fourth-order valence-electron chi connectivity index (χ4n) is 3.55. The molecule has 0 unspecified atom stereocenters. The summed E-state index contributed by atoms with van der Waals surface area (Å²) in [4.78, 5) is 15.4.